The molecule has 1 N–H and O–H groups in total. The molecule has 8 nitrogen and oxygen atoms in total. The summed E-state index contributed by atoms with van der Waals surface area (Å²) in [5.74, 6) is -2.10. The van der Waals surface area contributed by atoms with Gasteiger partial charge in [-0.25, -0.2) is 0 Å². The lowest BCUT2D eigenvalue weighted by atomic mass is 9.81. The molecule has 150 valence electrons. The van der Waals surface area contributed by atoms with E-state index in [2.05, 4.69) is 5.32 Å². The van der Waals surface area contributed by atoms with Crippen LogP contribution in [-0.2, 0) is 23.9 Å². The number of carbonyl (C=O) groups is 4. The van der Waals surface area contributed by atoms with E-state index in [1.807, 2.05) is 0 Å². The van der Waals surface area contributed by atoms with Crippen LogP contribution in [0.2, 0.25) is 0 Å². The number of esters is 1. The van der Waals surface area contributed by atoms with Crippen LogP contribution >= 0.6 is 0 Å². The number of benzene rings is 1. The number of hydrogen-bond donors (Lipinski definition) is 1. The van der Waals surface area contributed by atoms with Crippen molar-refractivity contribution in [3.05, 3.63) is 24.3 Å². The van der Waals surface area contributed by atoms with Crippen molar-refractivity contribution in [2.24, 2.45) is 11.8 Å². The Morgan fingerprint density at radius 3 is 2.36 bits per heavy atom. The summed E-state index contributed by atoms with van der Waals surface area (Å²) < 4.78 is 10.3. The van der Waals surface area contributed by atoms with Crippen molar-refractivity contribution in [1.82, 2.24) is 4.90 Å². The lowest BCUT2D eigenvalue weighted by molar-refractivity contribution is -0.158. The zero-order chi connectivity index (χ0) is 20.3. The third kappa shape index (κ3) is 4.00. The van der Waals surface area contributed by atoms with Crippen molar-refractivity contribution in [3.8, 4) is 5.75 Å². The number of nitrogens with one attached hydrogen (secondary N) is 1. The monoisotopic (exact) mass is 388 g/mol. The fourth-order valence-electron chi connectivity index (χ4n) is 3.79. The Bertz CT molecular complexity index is 769. The summed E-state index contributed by atoms with van der Waals surface area (Å²) in [6.07, 6.45) is 2.10. The minimum atomic E-state index is -1.09. The fourth-order valence-corrected chi connectivity index (χ4v) is 3.79. The molecule has 3 rings (SSSR count). The summed E-state index contributed by atoms with van der Waals surface area (Å²) >= 11 is 0. The molecule has 3 atom stereocenters. The van der Waals surface area contributed by atoms with E-state index in [0.29, 0.717) is 24.3 Å². The van der Waals surface area contributed by atoms with E-state index in [9.17, 15) is 19.2 Å². The second kappa shape index (κ2) is 8.41. The van der Waals surface area contributed by atoms with E-state index >= 15 is 0 Å². The summed E-state index contributed by atoms with van der Waals surface area (Å²) in [5, 5.41) is 2.63. The number of nitrogens with zero attached hydrogens (tertiary/aromatic N) is 1. The Hall–Kier alpha value is -2.90. The SMILES string of the molecule is COc1ccccc1NC(=O)[C@H](C)OC(=O)CN1C(=O)[C@@H]2CCCC[C@H]2C1=O. The molecule has 3 amide bonds. The molecule has 1 saturated carbocycles. The van der Waals surface area contributed by atoms with Crippen molar-refractivity contribution >= 4 is 29.4 Å². The summed E-state index contributed by atoms with van der Waals surface area (Å²) in [5.41, 5.74) is 0.451. The molecule has 28 heavy (non-hydrogen) atoms. The number of ether oxygens (including phenoxy) is 2. The van der Waals surface area contributed by atoms with Gasteiger partial charge in [-0.15, -0.1) is 0 Å². The first-order valence-electron chi connectivity index (χ1n) is 9.41. The van der Waals surface area contributed by atoms with E-state index in [-0.39, 0.29) is 23.7 Å². The number of fused-ring (bicyclic) bond motifs is 1. The number of hydrogen-bond acceptors (Lipinski definition) is 6. The molecule has 1 aliphatic carbocycles. The van der Waals surface area contributed by atoms with Gasteiger partial charge in [0.05, 0.1) is 24.6 Å². The first kappa shape index (κ1) is 19.9. The Balaban J connectivity index is 1.56. The third-order valence-corrected chi connectivity index (χ3v) is 5.26. The molecule has 1 aliphatic heterocycles. The predicted octanol–water partition coefficient (Wildman–Crippen LogP) is 1.74. The molecule has 8 heteroatoms. The van der Waals surface area contributed by atoms with Crippen molar-refractivity contribution in [2.75, 3.05) is 19.0 Å². The van der Waals surface area contributed by atoms with Crippen LogP contribution in [-0.4, -0.2) is 48.3 Å². The number of para-hydroxylation sites is 2. The molecule has 0 radical (unpaired) electrons. The number of anilines is 1. The molecule has 1 heterocycles. The lowest BCUT2D eigenvalue weighted by Crippen LogP contribution is -2.39. The van der Waals surface area contributed by atoms with Gasteiger partial charge >= 0.3 is 5.97 Å². The molecule has 0 bridgehead atoms. The van der Waals surface area contributed by atoms with Crippen molar-refractivity contribution in [2.45, 2.75) is 38.7 Å². The van der Waals surface area contributed by atoms with E-state index < -0.39 is 24.5 Å². The van der Waals surface area contributed by atoms with Crippen molar-refractivity contribution in [3.63, 3.8) is 0 Å². The van der Waals surface area contributed by atoms with Gasteiger partial charge in [-0.2, -0.15) is 0 Å². The topological polar surface area (TPSA) is 102 Å². The maximum Gasteiger partial charge on any atom is 0.326 e. The molecule has 0 unspecified atom stereocenters. The highest BCUT2D eigenvalue weighted by molar-refractivity contribution is 6.07. The molecule has 0 aromatic heterocycles. The van der Waals surface area contributed by atoms with E-state index in [1.165, 1.54) is 14.0 Å². The number of carbonyl (C=O) groups excluding carboxylic acids is 4. The summed E-state index contributed by atoms with van der Waals surface area (Å²) in [6, 6.07) is 6.85. The van der Waals surface area contributed by atoms with E-state index in [0.717, 1.165) is 17.7 Å². The molecule has 1 saturated heterocycles. The van der Waals surface area contributed by atoms with E-state index in [4.69, 9.17) is 9.47 Å². The highest BCUT2D eigenvalue weighted by Gasteiger charge is 2.48. The Morgan fingerprint density at radius 1 is 1.14 bits per heavy atom. The van der Waals surface area contributed by atoms with Gasteiger partial charge in [0.15, 0.2) is 6.10 Å². The highest BCUT2D eigenvalue weighted by atomic mass is 16.5. The van der Waals surface area contributed by atoms with Crippen LogP contribution in [0.5, 0.6) is 5.75 Å². The Morgan fingerprint density at radius 2 is 1.75 bits per heavy atom. The summed E-state index contributed by atoms with van der Waals surface area (Å²) in [6.45, 7) is 0.965. The van der Waals surface area contributed by atoms with Gasteiger partial charge < -0.3 is 14.8 Å². The number of amides is 3. The first-order valence-corrected chi connectivity index (χ1v) is 9.41. The van der Waals surface area contributed by atoms with Crippen LogP contribution in [0.25, 0.3) is 0 Å². The lowest BCUT2D eigenvalue weighted by Gasteiger charge is -2.19. The van der Waals surface area contributed by atoms with Crippen LogP contribution in [0.4, 0.5) is 5.69 Å². The molecule has 2 fully saturated rings. The molecular formula is C20H24N2O6. The van der Waals surface area contributed by atoms with Crippen LogP contribution in [0.1, 0.15) is 32.6 Å². The summed E-state index contributed by atoms with van der Waals surface area (Å²) in [4.78, 5) is 50.3. The molecule has 1 aromatic carbocycles. The standard InChI is InChI=1S/C20H24N2O6/c1-12(18(24)21-15-9-5-6-10-16(15)27-2)28-17(23)11-22-19(25)13-7-3-4-8-14(13)20(22)26/h5-6,9-10,12-14H,3-4,7-8,11H2,1-2H3,(H,21,24)/t12-,13+,14+/m0/s1. The second-order valence-corrected chi connectivity index (χ2v) is 7.08. The van der Waals surface area contributed by atoms with Crippen molar-refractivity contribution < 1.29 is 28.7 Å². The Kier molecular flexibility index (Phi) is 5.96. The molecule has 2 aliphatic rings. The average Bonchev–Trinajstić information content (AvgIpc) is 2.93. The minimum Gasteiger partial charge on any atom is -0.495 e. The van der Waals surface area contributed by atoms with Crippen LogP contribution in [0, 0.1) is 11.8 Å². The van der Waals surface area contributed by atoms with Gasteiger partial charge in [-0.05, 0) is 31.9 Å². The van der Waals surface area contributed by atoms with Gasteiger partial charge in [0.2, 0.25) is 11.8 Å². The van der Waals surface area contributed by atoms with Crippen LogP contribution in [0.3, 0.4) is 0 Å². The van der Waals surface area contributed by atoms with Crippen LogP contribution in [0.15, 0.2) is 24.3 Å². The number of methoxy groups -OCH3 is 1. The summed E-state index contributed by atoms with van der Waals surface area (Å²) in [7, 11) is 1.48. The third-order valence-electron chi connectivity index (χ3n) is 5.26. The largest absolute Gasteiger partial charge is 0.495 e. The maximum atomic E-state index is 12.4. The van der Waals surface area contributed by atoms with Gasteiger partial charge in [-0.3, -0.25) is 24.1 Å². The molecule has 1 aromatic rings. The van der Waals surface area contributed by atoms with Gasteiger partial charge in [0.25, 0.3) is 5.91 Å². The van der Waals surface area contributed by atoms with Gasteiger partial charge in [0.1, 0.15) is 12.3 Å². The number of imide groups is 1. The van der Waals surface area contributed by atoms with Crippen LogP contribution < -0.4 is 10.1 Å². The number of likely N-dealkylation sites (tertiary alicyclic amines) is 1. The highest BCUT2D eigenvalue weighted by Crippen LogP contribution is 2.37. The maximum absolute atomic E-state index is 12.4. The molecular weight excluding hydrogens is 364 g/mol. The first-order chi connectivity index (χ1) is 13.4. The minimum absolute atomic E-state index is 0.308. The van der Waals surface area contributed by atoms with E-state index in [1.54, 1.807) is 24.3 Å². The van der Waals surface area contributed by atoms with Gasteiger partial charge in [0, 0.05) is 0 Å². The molecule has 0 spiro atoms. The Labute approximate surface area is 163 Å². The zero-order valence-electron chi connectivity index (χ0n) is 16.0. The quantitative estimate of drug-likeness (QED) is 0.588. The number of rotatable bonds is 6. The fraction of sp³-hybridized carbons (Fsp3) is 0.500. The average molecular weight is 388 g/mol. The second-order valence-electron chi connectivity index (χ2n) is 7.08. The smallest absolute Gasteiger partial charge is 0.326 e. The van der Waals surface area contributed by atoms with Crippen molar-refractivity contribution in [1.29, 1.82) is 0 Å². The van der Waals surface area contributed by atoms with Gasteiger partial charge in [-0.1, -0.05) is 25.0 Å². The normalized spacial score (nSPS) is 22.4. The predicted molar refractivity (Wildman–Crippen MR) is 99.3 cm³/mol. The zero-order valence-corrected chi connectivity index (χ0v) is 16.0.